The number of hydrogen-bond acceptors (Lipinski definition) is 7. The molecule has 3 heterocycles. The Morgan fingerprint density at radius 1 is 1.00 bits per heavy atom. The number of halogens is 4. The first-order chi connectivity index (χ1) is 22.0. The van der Waals surface area contributed by atoms with Crippen LogP contribution in [0.15, 0.2) is 40.0 Å². The zero-order chi connectivity index (χ0) is 33.3. The Morgan fingerprint density at radius 3 is 2.26 bits per heavy atom. The summed E-state index contributed by atoms with van der Waals surface area (Å²) in [6, 6.07) is 6.08. The minimum atomic E-state index is -2.05. The van der Waals surface area contributed by atoms with Gasteiger partial charge in [0.2, 0.25) is 5.91 Å². The number of methoxy groups -OCH3 is 1. The van der Waals surface area contributed by atoms with E-state index in [1.54, 1.807) is 17.0 Å². The number of aromatic nitrogens is 1. The number of furan rings is 1. The summed E-state index contributed by atoms with van der Waals surface area (Å²) in [6.07, 6.45) is 1.36. The molecular formula is C29H23F4N7O6. The average molecular weight is 642 g/mol. The van der Waals surface area contributed by atoms with E-state index >= 15 is 0 Å². The van der Waals surface area contributed by atoms with Crippen molar-refractivity contribution >= 4 is 40.1 Å². The molecule has 0 spiro atoms. The lowest BCUT2D eigenvalue weighted by Crippen LogP contribution is -2.51. The van der Waals surface area contributed by atoms with Gasteiger partial charge in [-0.3, -0.25) is 19.2 Å². The Labute approximate surface area is 256 Å². The molecule has 4 aromatic rings. The number of benzene rings is 2. The van der Waals surface area contributed by atoms with Crippen LogP contribution in [0.5, 0.6) is 5.75 Å². The van der Waals surface area contributed by atoms with Crippen LogP contribution in [0.4, 0.5) is 23.2 Å². The molecule has 13 nitrogen and oxygen atoms in total. The fraction of sp³-hybridized carbons (Fsp3) is 0.241. The van der Waals surface area contributed by atoms with Gasteiger partial charge in [-0.2, -0.15) is 0 Å². The third kappa shape index (κ3) is 5.59. The number of carbonyl (C=O) groups is 4. The van der Waals surface area contributed by atoms with Crippen LogP contribution in [-0.2, 0) is 16.1 Å². The number of rotatable bonds is 8. The highest BCUT2D eigenvalue weighted by Crippen LogP contribution is 2.37. The number of ether oxygens (including phenoxy) is 1. The monoisotopic (exact) mass is 641 g/mol. The molecule has 1 aliphatic rings. The Balaban J connectivity index is 1.37. The summed E-state index contributed by atoms with van der Waals surface area (Å²) in [5, 5.41) is 4.98. The lowest BCUT2D eigenvalue weighted by molar-refractivity contribution is -0.135. The van der Waals surface area contributed by atoms with Crippen molar-refractivity contribution < 1.29 is 45.9 Å². The van der Waals surface area contributed by atoms with Gasteiger partial charge in [-0.1, -0.05) is 5.11 Å². The lowest BCUT2D eigenvalue weighted by atomic mass is 10.0. The van der Waals surface area contributed by atoms with Crippen molar-refractivity contribution in [2.75, 3.05) is 33.3 Å². The predicted molar refractivity (Wildman–Crippen MR) is 152 cm³/mol. The number of piperazine rings is 1. The van der Waals surface area contributed by atoms with Crippen LogP contribution in [-0.4, -0.2) is 71.6 Å². The van der Waals surface area contributed by atoms with Crippen LogP contribution < -0.4 is 10.1 Å². The highest BCUT2D eigenvalue weighted by molar-refractivity contribution is 6.45. The summed E-state index contributed by atoms with van der Waals surface area (Å²) in [4.78, 5) is 58.5. The Hall–Kier alpha value is -5.83. The highest BCUT2D eigenvalue weighted by atomic mass is 19.2. The molecule has 0 bridgehead atoms. The molecule has 0 radical (unpaired) electrons. The minimum Gasteiger partial charge on any atom is -0.496 e. The van der Waals surface area contributed by atoms with Crippen molar-refractivity contribution in [1.29, 1.82) is 0 Å². The van der Waals surface area contributed by atoms with Crippen molar-refractivity contribution in [3.8, 4) is 17.1 Å². The number of aromatic amines is 1. The molecule has 5 rings (SSSR count). The molecule has 2 aromatic carbocycles. The minimum absolute atomic E-state index is 0.0433. The van der Waals surface area contributed by atoms with E-state index in [2.05, 4.69) is 20.3 Å². The van der Waals surface area contributed by atoms with E-state index in [9.17, 15) is 36.7 Å². The Bertz CT molecular complexity index is 1930. The number of nitrogens with zero attached hydrogens (tertiary/aromatic N) is 5. The number of Topliss-reactive ketones (excluding diaryl/α,β-unsaturated/α-hetero) is 1. The van der Waals surface area contributed by atoms with Crippen LogP contribution in [0.2, 0.25) is 0 Å². The quantitative estimate of drug-likeness (QED) is 0.0535. The van der Waals surface area contributed by atoms with Gasteiger partial charge in [-0.25, -0.2) is 17.6 Å². The van der Waals surface area contributed by atoms with Gasteiger partial charge in [0.15, 0.2) is 23.3 Å². The van der Waals surface area contributed by atoms with E-state index in [-0.39, 0.29) is 41.8 Å². The second-order valence-electron chi connectivity index (χ2n) is 10.0. The van der Waals surface area contributed by atoms with E-state index in [0.29, 0.717) is 29.6 Å². The third-order valence-corrected chi connectivity index (χ3v) is 7.43. The topological polar surface area (TPSA) is 174 Å². The van der Waals surface area contributed by atoms with E-state index in [1.807, 2.05) is 0 Å². The number of nitrogens with one attached hydrogen (secondary N) is 2. The first-order valence-corrected chi connectivity index (χ1v) is 13.5. The van der Waals surface area contributed by atoms with Crippen LogP contribution >= 0.6 is 0 Å². The zero-order valence-corrected chi connectivity index (χ0v) is 24.1. The van der Waals surface area contributed by atoms with Crippen molar-refractivity contribution in [1.82, 2.24) is 20.1 Å². The summed E-state index contributed by atoms with van der Waals surface area (Å²) in [7, 11) is 1.39. The molecule has 238 valence electrons. The van der Waals surface area contributed by atoms with Crippen LogP contribution in [0.25, 0.3) is 32.7 Å². The summed E-state index contributed by atoms with van der Waals surface area (Å²) >= 11 is 0. The van der Waals surface area contributed by atoms with Gasteiger partial charge in [0, 0.05) is 49.8 Å². The van der Waals surface area contributed by atoms with Gasteiger partial charge in [0.05, 0.1) is 30.1 Å². The second-order valence-corrected chi connectivity index (χ2v) is 10.0. The molecule has 1 aliphatic heterocycles. The maximum atomic E-state index is 14.4. The third-order valence-electron chi connectivity index (χ3n) is 7.43. The van der Waals surface area contributed by atoms with E-state index in [0.717, 1.165) is 0 Å². The second kappa shape index (κ2) is 12.6. The van der Waals surface area contributed by atoms with Gasteiger partial charge in [0.25, 0.3) is 17.6 Å². The fourth-order valence-corrected chi connectivity index (χ4v) is 5.08. The van der Waals surface area contributed by atoms with Crippen LogP contribution in [0, 0.1) is 23.3 Å². The smallest absolute Gasteiger partial charge is 0.295 e. The maximum Gasteiger partial charge on any atom is 0.295 e. The van der Waals surface area contributed by atoms with Gasteiger partial charge < -0.3 is 29.3 Å². The molecule has 3 amide bonds. The molecule has 0 unspecified atom stereocenters. The molecule has 17 heteroatoms. The van der Waals surface area contributed by atoms with Crippen LogP contribution in [0.3, 0.4) is 0 Å². The molecular weight excluding hydrogens is 618 g/mol. The van der Waals surface area contributed by atoms with Gasteiger partial charge >= 0.3 is 0 Å². The molecule has 0 saturated carbocycles. The number of amides is 3. The van der Waals surface area contributed by atoms with E-state index < -0.39 is 58.7 Å². The molecule has 1 saturated heterocycles. The number of H-pyrrole nitrogens is 1. The summed E-state index contributed by atoms with van der Waals surface area (Å²) in [5.41, 5.74) is 6.09. The first-order valence-electron chi connectivity index (χ1n) is 13.5. The van der Waals surface area contributed by atoms with Crippen molar-refractivity contribution in [2.45, 2.75) is 13.5 Å². The van der Waals surface area contributed by atoms with Gasteiger partial charge in [-0.05, 0) is 29.8 Å². The fourth-order valence-electron chi connectivity index (χ4n) is 5.08. The zero-order valence-electron chi connectivity index (χ0n) is 24.1. The molecule has 0 atom stereocenters. The number of hydrogen-bond donors (Lipinski definition) is 2. The molecule has 0 aliphatic carbocycles. The summed E-state index contributed by atoms with van der Waals surface area (Å²) in [5.74, 6) is -10.8. The summed E-state index contributed by atoms with van der Waals surface area (Å²) < 4.78 is 68.2. The van der Waals surface area contributed by atoms with E-state index in [4.69, 9.17) is 14.7 Å². The number of ketones is 1. The average Bonchev–Trinajstić information content (AvgIpc) is 3.72. The molecule has 2 aromatic heterocycles. The largest absolute Gasteiger partial charge is 0.496 e. The molecule has 46 heavy (non-hydrogen) atoms. The highest BCUT2D eigenvalue weighted by Gasteiger charge is 2.31. The standard InChI is InChI=1S/C29H23F4N7O6/c1-13(41)39-7-9-40(10-8-39)29(44)27(42)16-12-35-25-15(4-6-18(45-2)19(16)25)17-5-3-14(46-17)11-36-28(43)20-21(30)23(32)26(37-38-34)24(33)22(20)31/h3-6,12,35H,7-11H2,1-2H3,(H,36,43). The maximum absolute atomic E-state index is 14.4. The molecule has 2 N–H and O–H groups in total. The van der Waals surface area contributed by atoms with Crippen molar-refractivity contribution in [3.05, 3.63) is 81.1 Å². The Kier molecular flexibility index (Phi) is 8.69. The number of carbonyl (C=O) groups excluding carboxylic acids is 4. The van der Waals surface area contributed by atoms with Crippen molar-refractivity contribution in [2.24, 2.45) is 5.11 Å². The van der Waals surface area contributed by atoms with Gasteiger partial charge in [-0.15, -0.1) is 0 Å². The molecule has 1 fully saturated rings. The number of azide groups is 1. The Morgan fingerprint density at radius 2 is 1.65 bits per heavy atom. The normalized spacial score (nSPS) is 13.0. The first kappa shape index (κ1) is 31.6. The lowest BCUT2D eigenvalue weighted by Gasteiger charge is -2.33. The van der Waals surface area contributed by atoms with Crippen molar-refractivity contribution in [3.63, 3.8) is 0 Å². The van der Waals surface area contributed by atoms with E-state index in [1.165, 1.54) is 37.3 Å². The summed E-state index contributed by atoms with van der Waals surface area (Å²) in [6.45, 7) is 1.98. The van der Waals surface area contributed by atoms with Gasteiger partial charge in [0.1, 0.15) is 28.5 Å². The number of fused-ring (bicyclic) bond motifs is 1. The van der Waals surface area contributed by atoms with Crippen LogP contribution in [0.1, 0.15) is 33.4 Å². The predicted octanol–water partition coefficient (Wildman–Crippen LogP) is 4.74. The SMILES string of the molecule is COc1ccc(-c2ccc(CNC(=O)c3c(F)c(F)c(N=[N+]=[N-])c(F)c3F)o2)c2[nH]cc(C(=O)C(=O)N3CCN(C(C)=O)CC3)c12.